The molecular weight excluding hydrogens is 317 g/mol. The standard InChI is InChI=1S/C11H7BrFN5O/c12-5-1-6(13)3-7(2-5)19-10-8-4-15-18-9(8)16-11(14)17-10/h1-4H,(H3,14,15,16,17,18). The number of rotatable bonds is 2. The second kappa shape index (κ2) is 4.47. The maximum Gasteiger partial charge on any atom is 0.235 e. The third kappa shape index (κ3) is 2.34. The maximum atomic E-state index is 13.3. The highest BCUT2D eigenvalue weighted by atomic mass is 79.9. The van der Waals surface area contributed by atoms with Crippen LogP contribution in [0.4, 0.5) is 10.3 Å². The van der Waals surface area contributed by atoms with Gasteiger partial charge in [0.15, 0.2) is 5.65 Å². The van der Waals surface area contributed by atoms with E-state index in [2.05, 4.69) is 36.1 Å². The van der Waals surface area contributed by atoms with Crippen molar-refractivity contribution in [2.45, 2.75) is 0 Å². The van der Waals surface area contributed by atoms with Crippen molar-refractivity contribution in [1.29, 1.82) is 0 Å². The van der Waals surface area contributed by atoms with Gasteiger partial charge in [0.1, 0.15) is 17.0 Å². The van der Waals surface area contributed by atoms with Crippen LogP contribution in [0.15, 0.2) is 28.9 Å². The molecule has 2 aromatic heterocycles. The highest BCUT2D eigenvalue weighted by molar-refractivity contribution is 9.10. The van der Waals surface area contributed by atoms with Crippen LogP contribution in [-0.4, -0.2) is 20.2 Å². The Hall–Kier alpha value is -2.22. The van der Waals surface area contributed by atoms with E-state index in [1.165, 1.54) is 18.3 Å². The summed E-state index contributed by atoms with van der Waals surface area (Å²) in [5.74, 6) is 0.137. The Morgan fingerprint density at radius 2 is 2.11 bits per heavy atom. The number of aromatic nitrogens is 4. The zero-order valence-corrected chi connectivity index (χ0v) is 11.0. The highest BCUT2D eigenvalue weighted by Gasteiger charge is 2.11. The van der Waals surface area contributed by atoms with E-state index in [1.807, 2.05) is 0 Å². The Kier molecular flexibility index (Phi) is 2.79. The number of benzene rings is 1. The molecule has 0 bridgehead atoms. The largest absolute Gasteiger partial charge is 0.438 e. The summed E-state index contributed by atoms with van der Waals surface area (Å²) in [5.41, 5.74) is 6.02. The van der Waals surface area contributed by atoms with Crippen molar-refractivity contribution in [2.75, 3.05) is 5.73 Å². The van der Waals surface area contributed by atoms with Crippen molar-refractivity contribution >= 4 is 32.9 Å². The molecule has 3 rings (SSSR count). The van der Waals surface area contributed by atoms with E-state index in [-0.39, 0.29) is 11.8 Å². The van der Waals surface area contributed by atoms with E-state index in [9.17, 15) is 4.39 Å². The lowest BCUT2D eigenvalue weighted by atomic mass is 10.3. The predicted molar refractivity (Wildman–Crippen MR) is 70.3 cm³/mol. The molecule has 0 radical (unpaired) electrons. The molecule has 6 nitrogen and oxygen atoms in total. The van der Waals surface area contributed by atoms with E-state index in [0.29, 0.717) is 21.3 Å². The van der Waals surface area contributed by atoms with E-state index >= 15 is 0 Å². The average Bonchev–Trinajstić information content (AvgIpc) is 2.75. The third-order valence-corrected chi connectivity index (χ3v) is 2.80. The number of nitrogens with one attached hydrogen (secondary N) is 1. The summed E-state index contributed by atoms with van der Waals surface area (Å²) in [5, 5.41) is 7.06. The maximum absolute atomic E-state index is 13.3. The van der Waals surface area contributed by atoms with Crippen LogP contribution in [0.1, 0.15) is 0 Å². The van der Waals surface area contributed by atoms with Gasteiger partial charge in [0.05, 0.1) is 6.20 Å². The van der Waals surface area contributed by atoms with Gasteiger partial charge in [-0.2, -0.15) is 15.1 Å². The first-order chi connectivity index (χ1) is 9.11. The van der Waals surface area contributed by atoms with Crippen LogP contribution in [0.5, 0.6) is 11.6 Å². The predicted octanol–water partition coefficient (Wildman–Crippen LogP) is 2.63. The van der Waals surface area contributed by atoms with Crippen LogP contribution in [-0.2, 0) is 0 Å². The number of anilines is 1. The fourth-order valence-electron chi connectivity index (χ4n) is 1.60. The van der Waals surface area contributed by atoms with Crippen LogP contribution in [0.2, 0.25) is 0 Å². The number of fused-ring (bicyclic) bond motifs is 1. The van der Waals surface area contributed by atoms with Crippen LogP contribution in [0.25, 0.3) is 11.0 Å². The van der Waals surface area contributed by atoms with E-state index in [4.69, 9.17) is 10.5 Å². The number of nitrogens with two attached hydrogens (primary N) is 1. The molecule has 0 unspecified atom stereocenters. The summed E-state index contributed by atoms with van der Waals surface area (Å²) in [4.78, 5) is 7.93. The average molecular weight is 324 g/mol. The SMILES string of the molecule is Nc1nc(Oc2cc(F)cc(Br)c2)c2cn[nH]c2n1. The lowest BCUT2D eigenvalue weighted by Gasteiger charge is -2.06. The van der Waals surface area contributed by atoms with Gasteiger partial charge in [0, 0.05) is 10.5 Å². The van der Waals surface area contributed by atoms with E-state index < -0.39 is 5.82 Å². The fourth-order valence-corrected chi connectivity index (χ4v) is 2.05. The molecule has 0 aliphatic rings. The van der Waals surface area contributed by atoms with Gasteiger partial charge in [-0.05, 0) is 12.1 Å². The molecule has 0 aliphatic heterocycles. The Labute approximate surface area is 114 Å². The first kappa shape index (κ1) is 11.8. The minimum Gasteiger partial charge on any atom is -0.438 e. The molecule has 3 N–H and O–H groups in total. The highest BCUT2D eigenvalue weighted by Crippen LogP contribution is 2.29. The number of ether oxygens (including phenoxy) is 1. The second-order valence-electron chi connectivity index (χ2n) is 3.73. The summed E-state index contributed by atoms with van der Waals surface area (Å²) < 4.78 is 19.4. The Bertz CT molecular complexity index is 740. The van der Waals surface area contributed by atoms with Crippen molar-refractivity contribution in [3.63, 3.8) is 0 Å². The number of H-pyrrole nitrogens is 1. The molecular formula is C11H7BrFN5O. The molecule has 0 spiro atoms. The summed E-state index contributed by atoms with van der Waals surface area (Å²) >= 11 is 3.19. The van der Waals surface area contributed by atoms with Gasteiger partial charge < -0.3 is 10.5 Å². The van der Waals surface area contributed by atoms with Gasteiger partial charge in [0.25, 0.3) is 0 Å². The lowest BCUT2D eigenvalue weighted by Crippen LogP contribution is -1.98. The summed E-state index contributed by atoms with van der Waals surface area (Å²) in [6, 6.07) is 4.19. The van der Waals surface area contributed by atoms with Crippen LogP contribution in [0, 0.1) is 5.82 Å². The van der Waals surface area contributed by atoms with Crippen LogP contribution in [0.3, 0.4) is 0 Å². The van der Waals surface area contributed by atoms with Gasteiger partial charge in [-0.1, -0.05) is 15.9 Å². The molecule has 0 amide bonds. The van der Waals surface area contributed by atoms with E-state index in [1.54, 1.807) is 6.07 Å². The molecule has 0 aliphatic carbocycles. The third-order valence-electron chi connectivity index (χ3n) is 2.34. The van der Waals surface area contributed by atoms with Crippen molar-refractivity contribution in [1.82, 2.24) is 20.2 Å². The second-order valence-corrected chi connectivity index (χ2v) is 4.64. The monoisotopic (exact) mass is 323 g/mol. The molecule has 0 saturated carbocycles. The number of halogens is 2. The zero-order valence-electron chi connectivity index (χ0n) is 9.39. The number of nitrogens with zero attached hydrogens (tertiary/aromatic N) is 3. The Balaban J connectivity index is 2.07. The molecule has 1 aromatic carbocycles. The van der Waals surface area contributed by atoms with Crippen molar-refractivity contribution in [3.05, 3.63) is 34.7 Å². The normalized spacial score (nSPS) is 10.8. The summed E-state index contributed by atoms with van der Waals surface area (Å²) in [6.07, 6.45) is 1.51. The summed E-state index contributed by atoms with van der Waals surface area (Å²) in [6.45, 7) is 0. The number of aromatic amines is 1. The van der Waals surface area contributed by atoms with Gasteiger partial charge in [-0.3, -0.25) is 5.10 Å². The van der Waals surface area contributed by atoms with Gasteiger partial charge in [-0.25, -0.2) is 4.39 Å². The zero-order chi connectivity index (χ0) is 13.4. The molecule has 2 heterocycles. The minimum absolute atomic E-state index is 0.0437. The van der Waals surface area contributed by atoms with E-state index in [0.717, 1.165) is 0 Å². The first-order valence-electron chi connectivity index (χ1n) is 5.22. The lowest BCUT2D eigenvalue weighted by molar-refractivity contribution is 0.463. The van der Waals surface area contributed by atoms with Crippen molar-refractivity contribution < 1.29 is 9.13 Å². The Morgan fingerprint density at radius 1 is 1.26 bits per heavy atom. The first-order valence-corrected chi connectivity index (χ1v) is 6.01. The molecule has 19 heavy (non-hydrogen) atoms. The molecule has 3 aromatic rings. The molecule has 0 fully saturated rings. The Morgan fingerprint density at radius 3 is 2.89 bits per heavy atom. The topological polar surface area (TPSA) is 89.7 Å². The van der Waals surface area contributed by atoms with Crippen molar-refractivity contribution in [2.24, 2.45) is 0 Å². The van der Waals surface area contributed by atoms with Crippen molar-refractivity contribution in [3.8, 4) is 11.6 Å². The van der Waals surface area contributed by atoms with Gasteiger partial charge in [-0.15, -0.1) is 0 Å². The molecule has 96 valence electrons. The fraction of sp³-hybridized carbons (Fsp3) is 0. The van der Waals surface area contributed by atoms with Gasteiger partial charge >= 0.3 is 0 Å². The van der Waals surface area contributed by atoms with Gasteiger partial charge in [0.2, 0.25) is 11.8 Å². The molecule has 0 saturated heterocycles. The number of hydrogen-bond acceptors (Lipinski definition) is 5. The number of hydrogen-bond donors (Lipinski definition) is 2. The van der Waals surface area contributed by atoms with Crippen LogP contribution >= 0.6 is 15.9 Å². The van der Waals surface area contributed by atoms with Crippen LogP contribution < -0.4 is 10.5 Å². The molecule has 8 heteroatoms. The quantitative estimate of drug-likeness (QED) is 0.756. The minimum atomic E-state index is -0.421. The summed E-state index contributed by atoms with van der Waals surface area (Å²) in [7, 11) is 0. The molecule has 0 atom stereocenters. The number of nitrogen functional groups attached to an aromatic ring is 1. The smallest absolute Gasteiger partial charge is 0.235 e.